The molecule has 1 fully saturated rings. The van der Waals surface area contributed by atoms with Crippen LogP contribution in [0, 0.1) is 0 Å². The van der Waals surface area contributed by atoms with Crippen LogP contribution in [0.1, 0.15) is 49.9 Å². The number of nitrogens with one attached hydrogen (secondary N) is 1. The van der Waals surface area contributed by atoms with E-state index in [-0.39, 0.29) is 5.91 Å². The van der Waals surface area contributed by atoms with Crippen LogP contribution in [0.2, 0.25) is 0 Å². The summed E-state index contributed by atoms with van der Waals surface area (Å²) in [6.45, 7) is 5.61. The average Bonchev–Trinajstić information content (AvgIpc) is 2.55. The van der Waals surface area contributed by atoms with E-state index < -0.39 is 5.91 Å². The Morgan fingerprint density at radius 3 is 2.57 bits per heavy atom. The summed E-state index contributed by atoms with van der Waals surface area (Å²) in [7, 11) is 0. The normalized spacial score (nSPS) is 15.4. The van der Waals surface area contributed by atoms with Crippen molar-refractivity contribution in [3.63, 3.8) is 0 Å². The first-order valence-corrected chi connectivity index (χ1v) is 8.20. The summed E-state index contributed by atoms with van der Waals surface area (Å²) >= 11 is 0. The van der Waals surface area contributed by atoms with Crippen LogP contribution >= 0.6 is 0 Å². The molecule has 0 radical (unpaired) electrons. The van der Waals surface area contributed by atoms with Crippen molar-refractivity contribution in [1.82, 2.24) is 0 Å². The van der Waals surface area contributed by atoms with E-state index in [2.05, 4.69) is 10.2 Å². The Labute approximate surface area is 137 Å². The summed E-state index contributed by atoms with van der Waals surface area (Å²) in [5.74, 6) is -0.561. The second-order valence-corrected chi connectivity index (χ2v) is 5.89. The van der Waals surface area contributed by atoms with Crippen molar-refractivity contribution in [3.05, 3.63) is 35.4 Å². The van der Waals surface area contributed by atoms with E-state index in [1.807, 2.05) is 19.1 Å². The van der Waals surface area contributed by atoms with Crippen LogP contribution in [0.5, 0.6) is 0 Å². The molecular formula is C18H25N3O2. The molecule has 2 rings (SSSR count). The van der Waals surface area contributed by atoms with Crippen LogP contribution in [0.15, 0.2) is 29.8 Å². The van der Waals surface area contributed by atoms with Gasteiger partial charge in [-0.25, -0.2) is 0 Å². The lowest BCUT2D eigenvalue weighted by atomic mass is 10.1. The maximum Gasteiger partial charge on any atom is 0.250 e. The molecule has 1 aromatic rings. The highest BCUT2D eigenvalue weighted by Crippen LogP contribution is 2.27. The summed E-state index contributed by atoms with van der Waals surface area (Å²) in [5.41, 5.74) is 8.19. The molecule has 0 bridgehead atoms. The number of nitrogens with two attached hydrogens (primary N) is 1. The second kappa shape index (κ2) is 7.81. The number of hydrogen-bond acceptors (Lipinski definition) is 3. The van der Waals surface area contributed by atoms with Gasteiger partial charge in [0.15, 0.2) is 0 Å². The minimum absolute atomic E-state index is 0.122. The van der Waals surface area contributed by atoms with Gasteiger partial charge >= 0.3 is 0 Å². The highest BCUT2D eigenvalue weighted by molar-refractivity contribution is 6.05. The Morgan fingerprint density at radius 1 is 1.26 bits per heavy atom. The third-order valence-electron chi connectivity index (χ3n) is 4.09. The number of amides is 2. The highest BCUT2D eigenvalue weighted by atomic mass is 16.2. The first kappa shape index (κ1) is 17.1. The predicted molar refractivity (Wildman–Crippen MR) is 93.7 cm³/mol. The van der Waals surface area contributed by atoms with E-state index in [0.717, 1.165) is 38.0 Å². The van der Waals surface area contributed by atoms with Crippen molar-refractivity contribution in [2.45, 2.75) is 39.5 Å². The van der Waals surface area contributed by atoms with Crippen molar-refractivity contribution in [2.75, 3.05) is 23.3 Å². The minimum atomic E-state index is -0.439. The van der Waals surface area contributed by atoms with E-state index in [1.54, 1.807) is 19.1 Å². The van der Waals surface area contributed by atoms with Gasteiger partial charge in [0.2, 0.25) is 0 Å². The third kappa shape index (κ3) is 4.34. The summed E-state index contributed by atoms with van der Waals surface area (Å²) in [5, 5.41) is 2.89. The molecule has 0 unspecified atom stereocenters. The molecule has 2 amide bonds. The molecular weight excluding hydrogens is 290 g/mol. The van der Waals surface area contributed by atoms with E-state index in [9.17, 15) is 9.59 Å². The molecule has 1 heterocycles. The SMILES string of the molecule is CC/C=C(/C)C(=O)Nc1ccc(C(N)=O)c(N2CCCCC2)c1. The lowest BCUT2D eigenvalue weighted by molar-refractivity contribution is -0.112. The first-order chi connectivity index (χ1) is 11.0. The second-order valence-electron chi connectivity index (χ2n) is 5.89. The number of carbonyl (C=O) groups excluding carboxylic acids is 2. The minimum Gasteiger partial charge on any atom is -0.371 e. The Morgan fingerprint density at radius 2 is 1.96 bits per heavy atom. The maximum atomic E-state index is 12.1. The van der Waals surface area contributed by atoms with Crippen LogP contribution in [-0.2, 0) is 4.79 Å². The van der Waals surface area contributed by atoms with E-state index in [1.165, 1.54) is 6.42 Å². The van der Waals surface area contributed by atoms with Crippen LogP contribution in [0.25, 0.3) is 0 Å². The number of benzene rings is 1. The topological polar surface area (TPSA) is 75.4 Å². The van der Waals surface area contributed by atoms with Crippen LogP contribution < -0.4 is 16.0 Å². The van der Waals surface area contributed by atoms with Gasteiger partial charge in [-0.2, -0.15) is 0 Å². The van der Waals surface area contributed by atoms with E-state index >= 15 is 0 Å². The Balaban J connectivity index is 2.27. The van der Waals surface area contributed by atoms with Crippen molar-refractivity contribution < 1.29 is 9.59 Å². The predicted octanol–water partition coefficient (Wildman–Crippen LogP) is 3.07. The molecule has 0 aliphatic carbocycles. The molecule has 5 heteroatoms. The molecule has 0 aromatic heterocycles. The van der Waals surface area contributed by atoms with Gasteiger partial charge < -0.3 is 16.0 Å². The standard InChI is InChI=1S/C18H25N3O2/c1-3-7-13(2)18(23)20-14-8-9-15(17(19)22)16(12-14)21-10-5-4-6-11-21/h7-9,12H,3-6,10-11H2,1-2H3,(H2,19,22)(H,20,23)/b13-7-. The summed E-state index contributed by atoms with van der Waals surface area (Å²) in [6, 6.07) is 5.27. The number of hydrogen-bond donors (Lipinski definition) is 2. The molecule has 1 aliphatic heterocycles. The van der Waals surface area contributed by atoms with Crippen LogP contribution in [0.3, 0.4) is 0 Å². The smallest absolute Gasteiger partial charge is 0.250 e. The monoisotopic (exact) mass is 315 g/mol. The Kier molecular flexibility index (Phi) is 5.79. The van der Waals surface area contributed by atoms with Gasteiger partial charge in [-0.1, -0.05) is 13.0 Å². The molecule has 1 aromatic carbocycles. The lowest BCUT2D eigenvalue weighted by Crippen LogP contribution is -2.31. The number of nitrogens with zero attached hydrogens (tertiary/aromatic N) is 1. The van der Waals surface area contributed by atoms with Gasteiger partial charge in [-0.05, 0) is 50.8 Å². The zero-order chi connectivity index (χ0) is 16.8. The largest absolute Gasteiger partial charge is 0.371 e. The van der Waals surface area contributed by atoms with Crippen LogP contribution in [-0.4, -0.2) is 24.9 Å². The molecule has 0 saturated carbocycles. The van der Waals surface area contributed by atoms with E-state index in [4.69, 9.17) is 5.73 Å². The summed E-state index contributed by atoms with van der Waals surface area (Å²) in [6.07, 6.45) is 6.12. The van der Waals surface area contributed by atoms with Crippen molar-refractivity contribution in [2.24, 2.45) is 5.73 Å². The fraction of sp³-hybridized carbons (Fsp3) is 0.444. The molecule has 124 valence electrons. The number of anilines is 2. The van der Waals surface area contributed by atoms with Crippen LogP contribution in [0.4, 0.5) is 11.4 Å². The fourth-order valence-electron chi connectivity index (χ4n) is 2.84. The Bertz CT molecular complexity index is 617. The molecule has 23 heavy (non-hydrogen) atoms. The molecule has 0 atom stereocenters. The maximum absolute atomic E-state index is 12.1. The lowest BCUT2D eigenvalue weighted by Gasteiger charge is -2.30. The van der Waals surface area contributed by atoms with Gasteiger partial charge in [0.05, 0.1) is 11.3 Å². The fourth-order valence-corrected chi connectivity index (χ4v) is 2.84. The number of carbonyl (C=O) groups is 2. The van der Waals surface area contributed by atoms with Crippen molar-refractivity contribution in [3.8, 4) is 0 Å². The Hall–Kier alpha value is -2.30. The average molecular weight is 315 g/mol. The summed E-state index contributed by atoms with van der Waals surface area (Å²) < 4.78 is 0. The number of primary amides is 1. The van der Waals surface area contributed by atoms with Gasteiger partial charge in [0.1, 0.15) is 0 Å². The van der Waals surface area contributed by atoms with Gasteiger partial charge in [-0.15, -0.1) is 0 Å². The molecule has 1 saturated heterocycles. The molecule has 3 N–H and O–H groups in total. The number of allylic oxidation sites excluding steroid dienone is 1. The zero-order valence-corrected chi connectivity index (χ0v) is 13.9. The van der Waals surface area contributed by atoms with Gasteiger partial charge in [-0.3, -0.25) is 9.59 Å². The number of piperidine rings is 1. The van der Waals surface area contributed by atoms with Crippen molar-refractivity contribution >= 4 is 23.2 Å². The summed E-state index contributed by atoms with van der Waals surface area (Å²) in [4.78, 5) is 26.0. The van der Waals surface area contributed by atoms with E-state index in [0.29, 0.717) is 16.8 Å². The quantitative estimate of drug-likeness (QED) is 0.820. The molecule has 5 nitrogen and oxygen atoms in total. The number of rotatable bonds is 5. The zero-order valence-electron chi connectivity index (χ0n) is 13.9. The first-order valence-electron chi connectivity index (χ1n) is 8.20. The highest BCUT2D eigenvalue weighted by Gasteiger charge is 2.18. The third-order valence-corrected chi connectivity index (χ3v) is 4.09. The van der Waals surface area contributed by atoms with Gasteiger partial charge in [0, 0.05) is 24.4 Å². The molecule has 0 spiro atoms. The van der Waals surface area contributed by atoms with Gasteiger partial charge in [0.25, 0.3) is 11.8 Å². The van der Waals surface area contributed by atoms with Crippen molar-refractivity contribution in [1.29, 1.82) is 0 Å². The molecule has 1 aliphatic rings.